The van der Waals surface area contributed by atoms with Gasteiger partial charge in [-0.1, -0.05) is 19.1 Å². The molecule has 1 saturated heterocycles. The van der Waals surface area contributed by atoms with Crippen molar-refractivity contribution in [2.45, 2.75) is 46.2 Å². The van der Waals surface area contributed by atoms with E-state index < -0.39 is 0 Å². The second-order valence-corrected chi connectivity index (χ2v) is 5.56. The van der Waals surface area contributed by atoms with E-state index in [-0.39, 0.29) is 0 Å². The molecule has 2 N–H and O–H groups in total. The van der Waals surface area contributed by atoms with Gasteiger partial charge in [0.2, 0.25) is 0 Å². The number of hydrogen-bond donors (Lipinski definition) is 1. The molecular weight excluding hydrogens is 226 g/mol. The van der Waals surface area contributed by atoms with Crippen LogP contribution in [-0.2, 0) is 19.5 Å². The third kappa shape index (κ3) is 3.29. The summed E-state index contributed by atoms with van der Waals surface area (Å²) >= 11 is 0. The molecule has 0 unspecified atom stereocenters. The lowest BCUT2D eigenvalue weighted by molar-refractivity contribution is 0.311. The summed E-state index contributed by atoms with van der Waals surface area (Å²) in [5, 5.41) is 8.46. The summed E-state index contributed by atoms with van der Waals surface area (Å²) in [6.07, 6.45) is 3.69. The van der Waals surface area contributed by atoms with Crippen molar-refractivity contribution in [3.05, 3.63) is 11.4 Å². The van der Waals surface area contributed by atoms with Gasteiger partial charge in [-0.3, -0.25) is 0 Å². The lowest BCUT2D eigenvalue weighted by Gasteiger charge is -2.15. The first-order valence-electron chi connectivity index (χ1n) is 7.04. The first kappa shape index (κ1) is 13.5. The van der Waals surface area contributed by atoms with E-state index in [9.17, 15) is 0 Å². The summed E-state index contributed by atoms with van der Waals surface area (Å²) in [5.74, 6) is 0.610. The van der Waals surface area contributed by atoms with Gasteiger partial charge in [-0.2, -0.15) is 0 Å². The van der Waals surface area contributed by atoms with Crippen molar-refractivity contribution in [1.29, 1.82) is 0 Å². The Balaban J connectivity index is 1.99. The van der Waals surface area contributed by atoms with Crippen LogP contribution < -0.4 is 5.73 Å². The van der Waals surface area contributed by atoms with Crippen LogP contribution in [0, 0.1) is 5.92 Å². The molecule has 2 heterocycles. The summed E-state index contributed by atoms with van der Waals surface area (Å²) in [5.41, 5.74) is 7.92. The number of hydrogen-bond acceptors (Lipinski definition) is 4. The molecule has 0 spiro atoms. The van der Waals surface area contributed by atoms with Crippen LogP contribution in [0.4, 0.5) is 0 Å². The summed E-state index contributed by atoms with van der Waals surface area (Å²) in [6.45, 7) is 9.42. The molecule has 0 aliphatic carbocycles. The smallest absolute Gasteiger partial charge is 0.0994 e. The summed E-state index contributed by atoms with van der Waals surface area (Å²) in [7, 11) is 0. The van der Waals surface area contributed by atoms with Crippen molar-refractivity contribution >= 4 is 0 Å². The molecule has 0 atom stereocenters. The molecule has 102 valence electrons. The quantitative estimate of drug-likeness (QED) is 0.820. The van der Waals surface area contributed by atoms with E-state index in [1.807, 2.05) is 0 Å². The minimum atomic E-state index is 0.492. The zero-order valence-electron chi connectivity index (χ0n) is 11.6. The van der Waals surface area contributed by atoms with E-state index in [0.717, 1.165) is 25.2 Å². The zero-order chi connectivity index (χ0) is 13.0. The number of nitrogens with two attached hydrogens (primary N) is 1. The van der Waals surface area contributed by atoms with Crippen molar-refractivity contribution in [2.24, 2.45) is 11.7 Å². The van der Waals surface area contributed by atoms with E-state index in [2.05, 4.69) is 33.7 Å². The summed E-state index contributed by atoms with van der Waals surface area (Å²) < 4.78 is 2.06. The molecule has 1 aromatic rings. The fraction of sp³-hybridized carbons (Fsp3) is 0.846. The molecule has 1 aliphatic rings. The number of rotatable bonds is 6. The van der Waals surface area contributed by atoms with Crippen LogP contribution in [0.2, 0.25) is 0 Å². The van der Waals surface area contributed by atoms with E-state index in [1.165, 1.54) is 31.6 Å². The molecule has 5 heteroatoms. The lowest BCUT2D eigenvalue weighted by atomic mass is 10.1. The maximum absolute atomic E-state index is 5.73. The summed E-state index contributed by atoms with van der Waals surface area (Å²) in [6, 6.07) is 0. The Morgan fingerprint density at radius 3 is 2.56 bits per heavy atom. The largest absolute Gasteiger partial charge is 0.325 e. The number of likely N-dealkylation sites (tertiary alicyclic amines) is 1. The van der Waals surface area contributed by atoms with Gasteiger partial charge in [0, 0.05) is 13.1 Å². The van der Waals surface area contributed by atoms with Crippen molar-refractivity contribution < 1.29 is 0 Å². The molecule has 18 heavy (non-hydrogen) atoms. The van der Waals surface area contributed by atoms with Crippen LogP contribution in [-0.4, -0.2) is 39.5 Å². The van der Waals surface area contributed by atoms with Gasteiger partial charge in [0.15, 0.2) is 0 Å². The Bertz CT molecular complexity index is 365. The van der Waals surface area contributed by atoms with Crippen molar-refractivity contribution in [3.63, 3.8) is 0 Å². The Morgan fingerprint density at radius 1 is 1.22 bits per heavy atom. The fourth-order valence-corrected chi connectivity index (χ4v) is 2.56. The van der Waals surface area contributed by atoms with Gasteiger partial charge >= 0.3 is 0 Å². The third-order valence-electron chi connectivity index (χ3n) is 3.54. The van der Waals surface area contributed by atoms with Crippen molar-refractivity contribution in [3.8, 4) is 0 Å². The minimum absolute atomic E-state index is 0.492. The molecule has 2 rings (SSSR count). The average molecular weight is 251 g/mol. The van der Waals surface area contributed by atoms with Gasteiger partial charge in [0.1, 0.15) is 0 Å². The maximum atomic E-state index is 5.73. The van der Waals surface area contributed by atoms with Gasteiger partial charge in [-0.25, -0.2) is 4.68 Å². The molecule has 1 aliphatic heterocycles. The first-order valence-corrected chi connectivity index (χ1v) is 7.04. The molecule has 1 aromatic heterocycles. The van der Waals surface area contributed by atoms with Crippen LogP contribution >= 0.6 is 0 Å². The highest BCUT2D eigenvalue weighted by Crippen LogP contribution is 2.12. The van der Waals surface area contributed by atoms with E-state index in [0.29, 0.717) is 12.5 Å². The Hall–Kier alpha value is -0.940. The molecule has 0 aromatic carbocycles. The predicted molar refractivity (Wildman–Crippen MR) is 72.1 cm³/mol. The second kappa shape index (κ2) is 6.29. The van der Waals surface area contributed by atoms with Crippen LogP contribution in [0.25, 0.3) is 0 Å². The van der Waals surface area contributed by atoms with Crippen molar-refractivity contribution in [2.75, 3.05) is 19.6 Å². The van der Waals surface area contributed by atoms with Crippen LogP contribution in [0.5, 0.6) is 0 Å². The molecule has 0 amide bonds. The highest BCUT2D eigenvalue weighted by atomic mass is 15.4. The topological polar surface area (TPSA) is 60.0 Å². The lowest BCUT2D eigenvalue weighted by Crippen LogP contribution is -2.25. The standard InChI is InChI=1S/C13H25N5/c1-11(2)9-13-12(10-14)15-16-18(13)8-7-17-5-3-4-6-17/h11H,3-10,14H2,1-2H3. The van der Waals surface area contributed by atoms with E-state index in [1.54, 1.807) is 0 Å². The maximum Gasteiger partial charge on any atom is 0.0994 e. The minimum Gasteiger partial charge on any atom is -0.325 e. The Morgan fingerprint density at radius 2 is 1.94 bits per heavy atom. The summed E-state index contributed by atoms with van der Waals surface area (Å²) in [4.78, 5) is 2.50. The van der Waals surface area contributed by atoms with Gasteiger partial charge in [0.05, 0.1) is 17.9 Å². The number of nitrogens with zero attached hydrogens (tertiary/aromatic N) is 4. The molecule has 5 nitrogen and oxygen atoms in total. The Labute approximate surface area is 109 Å². The monoisotopic (exact) mass is 251 g/mol. The molecule has 1 fully saturated rings. The highest BCUT2D eigenvalue weighted by Gasteiger charge is 2.15. The van der Waals surface area contributed by atoms with Gasteiger partial charge in [-0.15, -0.1) is 5.10 Å². The molecule has 0 bridgehead atoms. The molecular formula is C13H25N5. The van der Waals surface area contributed by atoms with Gasteiger partial charge in [-0.05, 0) is 38.3 Å². The second-order valence-electron chi connectivity index (χ2n) is 5.56. The Kier molecular flexibility index (Phi) is 4.72. The van der Waals surface area contributed by atoms with Crippen LogP contribution in [0.15, 0.2) is 0 Å². The fourth-order valence-electron chi connectivity index (χ4n) is 2.56. The molecule has 0 radical (unpaired) electrons. The van der Waals surface area contributed by atoms with Gasteiger partial charge < -0.3 is 10.6 Å². The average Bonchev–Trinajstić information content (AvgIpc) is 2.95. The first-order chi connectivity index (χ1) is 8.70. The van der Waals surface area contributed by atoms with Crippen molar-refractivity contribution in [1.82, 2.24) is 19.9 Å². The normalized spacial score (nSPS) is 16.9. The number of aromatic nitrogens is 3. The third-order valence-corrected chi connectivity index (χ3v) is 3.54. The zero-order valence-corrected chi connectivity index (χ0v) is 11.6. The highest BCUT2D eigenvalue weighted by molar-refractivity contribution is 5.10. The van der Waals surface area contributed by atoms with E-state index in [4.69, 9.17) is 5.73 Å². The SMILES string of the molecule is CC(C)Cc1c(CN)nnn1CCN1CCCC1. The molecule has 0 saturated carbocycles. The van der Waals surface area contributed by atoms with Gasteiger partial charge in [0.25, 0.3) is 0 Å². The van der Waals surface area contributed by atoms with Crippen LogP contribution in [0.3, 0.4) is 0 Å². The predicted octanol–water partition coefficient (Wildman–Crippen LogP) is 1.03. The van der Waals surface area contributed by atoms with E-state index >= 15 is 0 Å². The van der Waals surface area contributed by atoms with Crippen LogP contribution in [0.1, 0.15) is 38.1 Å².